The fourth-order valence-electron chi connectivity index (χ4n) is 1.43. The molecule has 0 radical (unpaired) electrons. The van der Waals surface area contributed by atoms with Crippen LogP contribution < -0.4 is 0 Å². The van der Waals surface area contributed by atoms with Gasteiger partial charge in [-0.25, -0.2) is 4.98 Å². The van der Waals surface area contributed by atoms with E-state index in [-0.39, 0.29) is 35.5 Å². The molecule has 100 valence electrons. The first-order chi connectivity index (χ1) is 8.60. The molecular formula is C11H14F2N2O2S. The molecule has 0 aromatic carbocycles. The summed E-state index contributed by atoms with van der Waals surface area (Å²) in [6.07, 6.45) is 1.36. The van der Waals surface area contributed by atoms with Crippen molar-refractivity contribution in [3.63, 3.8) is 0 Å². The third kappa shape index (κ3) is 3.92. The first-order valence-electron chi connectivity index (χ1n) is 5.40. The van der Waals surface area contributed by atoms with Crippen LogP contribution in [-0.4, -0.2) is 46.4 Å². The summed E-state index contributed by atoms with van der Waals surface area (Å²) in [5.41, 5.74) is 0.137. The van der Waals surface area contributed by atoms with Crippen LogP contribution in [0.5, 0.6) is 0 Å². The number of hydrogen-bond donors (Lipinski definition) is 1. The summed E-state index contributed by atoms with van der Waals surface area (Å²) in [5, 5.41) is 8.85. The second-order valence-corrected chi connectivity index (χ2v) is 4.32. The Morgan fingerprint density at radius 1 is 1.61 bits per heavy atom. The molecule has 18 heavy (non-hydrogen) atoms. The number of rotatable bonds is 6. The van der Waals surface area contributed by atoms with Gasteiger partial charge < -0.3 is 10.0 Å². The highest BCUT2D eigenvalue weighted by Crippen LogP contribution is 2.26. The van der Waals surface area contributed by atoms with E-state index >= 15 is 0 Å². The Kier molecular flexibility index (Phi) is 6.00. The average Bonchev–Trinajstić information content (AvgIpc) is 2.35. The zero-order valence-corrected chi connectivity index (χ0v) is 10.7. The van der Waals surface area contributed by atoms with E-state index in [0.29, 0.717) is 6.54 Å². The summed E-state index contributed by atoms with van der Waals surface area (Å²) in [7, 11) is 0. The van der Waals surface area contributed by atoms with Crippen LogP contribution in [0.4, 0.5) is 8.78 Å². The summed E-state index contributed by atoms with van der Waals surface area (Å²) in [6, 6.07) is 2.98. The molecule has 1 amide bonds. The molecule has 0 fully saturated rings. The predicted octanol–water partition coefficient (Wildman–Crippen LogP) is 1.85. The van der Waals surface area contributed by atoms with Gasteiger partial charge in [0.15, 0.2) is 0 Å². The van der Waals surface area contributed by atoms with Crippen LogP contribution in [0.1, 0.15) is 17.3 Å². The first-order valence-corrected chi connectivity index (χ1v) is 6.28. The maximum Gasteiger partial charge on any atom is 0.290 e. The van der Waals surface area contributed by atoms with Crippen LogP contribution >= 0.6 is 11.8 Å². The molecular weight excluding hydrogens is 262 g/mol. The molecule has 1 rings (SSSR count). The minimum atomic E-state index is -2.63. The zero-order chi connectivity index (χ0) is 13.5. The normalized spacial score (nSPS) is 10.7. The lowest BCUT2D eigenvalue weighted by Gasteiger charge is -2.20. The number of amides is 1. The molecule has 0 unspecified atom stereocenters. The molecule has 0 aliphatic carbocycles. The van der Waals surface area contributed by atoms with Gasteiger partial charge >= 0.3 is 0 Å². The van der Waals surface area contributed by atoms with Crippen molar-refractivity contribution in [2.45, 2.75) is 17.7 Å². The molecule has 1 aromatic heterocycles. The highest BCUT2D eigenvalue weighted by Gasteiger charge is 2.20. The maximum atomic E-state index is 12.4. The Balaban J connectivity index is 2.96. The van der Waals surface area contributed by atoms with Gasteiger partial charge in [-0.05, 0) is 30.8 Å². The Bertz CT molecular complexity index is 404. The summed E-state index contributed by atoms with van der Waals surface area (Å²) in [5.74, 6) is -3.03. The highest BCUT2D eigenvalue weighted by molar-refractivity contribution is 7.99. The van der Waals surface area contributed by atoms with Crippen LogP contribution in [0.25, 0.3) is 0 Å². The predicted molar refractivity (Wildman–Crippen MR) is 64.8 cm³/mol. The summed E-state index contributed by atoms with van der Waals surface area (Å²) >= 11 is 0.245. The van der Waals surface area contributed by atoms with Crippen molar-refractivity contribution in [3.8, 4) is 0 Å². The molecule has 1 aromatic rings. The lowest BCUT2D eigenvalue weighted by Crippen LogP contribution is -2.33. The minimum Gasteiger partial charge on any atom is -0.395 e. The summed E-state index contributed by atoms with van der Waals surface area (Å²) in [4.78, 5) is 17.3. The molecule has 0 spiro atoms. The number of nitrogens with zero attached hydrogens (tertiary/aromatic N) is 2. The van der Waals surface area contributed by atoms with E-state index < -0.39 is 11.7 Å². The number of likely N-dealkylation sites (N-methyl/N-ethyl adjacent to an activating group) is 1. The number of aromatic nitrogens is 1. The number of carbonyl (C=O) groups is 1. The van der Waals surface area contributed by atoms with E-state index in [1.54, 1.807) is 6.92 Å². The molecule has 1 N–H and O–H groups in total. The van der Waals surface area contributed by atoms with E-state index in [0.717, 1.165) is 0 Å². The number of hydrogen-bond acceptors (Lipinski definition) is 4. The Labute approximate surface area is 108 Å². The summed E-state index contributed by atoms with van der Waals surface area (Å²) in [6.45, 7) is 2.15. The second kappa shape index (κ2) is 7.27. The quantitative estimate of drug-likeness (QED) is 0.806. The summed E-state index contributed by atoms with van der Waals surface area (Å²) < 4.78 is 24.7. The third-order valence-corrected chi connectivity index (χ3v) is 2.97. The number of carbonyl (C=O) groups excluding carboxylic acids is 1. The van der Waals surface area contributed by atoms with Crippen molar-refractivity contribution in [1.82, 2.24) is 9.88 Å². The molecule has 0 bridgehead atoms. The Morgan fingerprint density at radius 3 is 2.89 bits per heavy atom. The standard InChI is InChI=1S/C11H14F2N2O2S/c1-2-15(6-7-16)10(17)8-4-3-5-14-9(8)18-11(12)13/h3-5,11,16H,2,6-7H2,1H3. The topological polar surface area (TPSA) is 53.4 Å². The van der Waals surface area contributed by atoms with E-state index in [1.807, 2.05) is 0 Å². The largest absolute Gasteiger partial charge is 0.395 e. The Morgan fingerprint density at radius 2 is 2.33 bits per heavy atom. The number of alkyl halides is 2. The number of thioether (sulfide) groups is 1. The van der Waals surface area contributed by atoms with Crippen molar-refractivity contribution in [3.05, 3.63) is 23.9 Å². The van der Waals surface area contributed by atoms with E-state index in [2.05, 4.69) is 4.98 Å². The van der Waals surface area contributed by atoms with E-state index in [1.165, 1.54) is 23.2 Å². The molecule has 0 saturated heterocycles. The highest BCUT2D eigenvalue weighted by atomic mass is 32.2. The van der Waals surface area contributed by atoms with Gasteiger partial charge in [0.2, 0.25) is 0 Å². The van der Waals surface area contributed by atoms with Gasteiger partial charge in [-0.3, -0.25) is 4.79 Å². The molecule has 0 aliphatic heterocycles. The van der Waals surface area contributed by atoms with Crippen molar-refractivity contribution < 1.29 is 18.7 Å². The van der Waals surface area contributed by atoms with Gasteiger partial charge in [-0.1, -0.05) is 0 Å². The van der Waals surface area contributed by atoms with Crippen LogP contribution in [0, 0.1) is 0 Å². The fraction of sp³-hybridized carbons (Fsp3) is 0.455. The van der Waals surface area contributed by atoms with Crippen LogP contribution in [0.15, 0.2) is 23.4 Å². The molecule has 1 heterocycles. The fourth-order valence-corrected chi connectivity index (χ4v) is 2.00. The maximum absolute atomic E-state index is 12.4. The van der Waals surface area contributed by atoms with Gasteiger partial charge in [0, 0.05) is 19.3 Å². The van der Waals surface area contributed by atoms with Crippen molar-refractivity contribution in [2.75, 3.05) is 19.7 Å². The molecule has 4 nitrogen and oxygen atoms in total. The molecule has 0 aliphatic rings. The van der Waals surface area contributed by atoms with Gasteiger partial charge in [-0.15, -0.1) is 0 Å². The second-order valence-electron chi connectivity index (χ2n) is 3.34. The van der Waals surface area contributed by atoms with Gasteiger partial charge in [0.05, 0.1) is 12.2 Å². The van der Waals surface area contributed by atoms with Crippen molar-refractivity contribution in [2.24, 2.45) is 0 Å². The zero-order valence-electron chi connectivity index (χ0n) is 9.84. The van der Waals surface area contributed by atoms with Crippen LogP contribution in [0.2, 0.25) is 0 Å². The Hall–Kier alpha value is -1.21. The smallest absolute Gasteiger partial charge is 0.290 e. The average molecular weight is 276 g/mol. The van der Waals surface area contributed by atoms with E-state index in [4.69, 9.17) is 5.11 Å². The number of aliphatic hydroxyl groups excluding tert-OH is 1. The van der Waals surface area contributed by atoms with E-state index in [9.17, 15) is 13.6 Å². The van der Waals surface area contributed by atoms with Crippen molar-refractivity contribution >= 4 is 17.7 Å². The minimum absolute atomic E-state index is 0.00823. The third-order valence-electron chi connectivity index (χ3n) is 2.24. The monoisotopic (exact) mass is 276 g/mol. The van der Waals surface area contributed by atoms with Crippen LogP contribution in [-0.2, 0) is 0 Å². The number of aliphatic hydroxyl groups is 1. The first kappa shape index (κ1) is 14.8. The number of halogens is 2. The lowest BCUT2D eigenvalue weighted by molar-refractivity contribution is 0.0727. The SMILES string of the molecule is CCN(CCO)C(=O)c1cccnc1SC(F)F. The molecule has 0 saturated carbocycles. The molecule has 0 atom stereocenters. The van der Waals surface area contributed by atoms with Gasteiger partial charge in [0.25, 0.3) is 11.7 Å². The van der Waals surface area contributed by atoms with Gasteiger partial charge in [-0.2, -0.15) is 8.78 Å². The molecule has 7 heteroatoms. The van der Waals surface area contributed by atoms with Gasteiger partial charge in [0.1, 0.15) is 5.03 Å². The van der Waals surface area contributed by atoms with Crippen molar-refractivity contribution in [1.29, 1.82) is 0 Å². The number of pyridine rings is 1. The van der Waals surface area contributed by atoms with Crippen LogP contribution in [0.3, 0.4) is 0 Å². The lowest BCUT2D eigenvalue weighted by atomic mass is 10.2.